The summed E-state index contributed by atoms with van der Waals surface area (Å²) in [5.74, 6) is 0.802. The van der Waals surface area contributed by atoms with Gasteiger partial charge in [0, 0.05) is 12.6 Å². The molecule has 1 saturated carbocycles. The summed E-state index contributed by atoms with van der Waals surface area (Å²) in [6, 6.07) is 1.83. The number of aryl methyl sites for hydroxylation is 1. The normalized spacial score (nSPS) is 16.9. The number of aromatic nitrogens is 2. The molecule has 21 heavy (non-hydrogen) atoms. The van der Waals surface area contributed by atoms with Crippen molar-refractivity contribution < 1.29 is 4.79 Å². The van der Waals surface area contributed by atoms with Crippen molar-refractivity contribution in [3.05, 3.63) is 23.8 Å². The minimum atomic E-state index is 0. The molecule has 5 nitrogen and oxygen atoms in total. The molecule has 6 heteroatoms. The lowest BCUT2D eigenvalue weighted by molar-refractivity contribution is -0.124. The lowest BCUT2D eigenvalue weighted by atomic mass is 9.71. The molecule has 2 rings (SSSR count). The van der Waals surface area contributed by atoms with Gasteiger partial charge in [-0.2, -0.15) is 0 Å². The maximum Gasteiger partial charge on any atom is 0.220 e. The summed E-state index contributed by atoms with van der Waals surface area (Å²) in [5, 5.41) is 2.95. The fraction of sp³-hybridized carbons (Fsp3) is 0.667. The van der Waals surface area contributed by atoms with Gasteiger partial charge in [-0.3, -0.25) is 4.79 Å². The van der Waals surface area contributed by atoms with Crippen molar-refractivity contribution >= 4 is 18.3 Å². The van der Waals surface area contributed by atoms with Crippen LogP contribution in [0.2, 0.25) is 0 Å². The highest BCUT2D eigenvalue weighted by Crippen LogP contribution is 2.38. The molecule has 1 fully saturated rings. The van der Waals surface area contributed by atoms with Crippen LogP contribution >= 0.6 is 12.4 Å². The number of halogens is 1. The standard InChI is InChI=1S/C15H24N4O.ClH/c1-12-17-8-5-13(19-12)10-18-14(20)9-15(11-16)6-3-2-4-7-15;/h5,8H,2-4,6-7,9-11,16H2,1H3,(H,18,20);1H. The number of carbonyl (C=O) groups excluding carboxylic acids is 1. The molecule has 118 valence electrons. The highest BCUT2D eigenvalue weighted by atomic mass is 35.5. The number of hydrogen-bond acceptors (Lipinski definition) is 4. The van der Waals surface area contributed by atoms with Gasteiger partial charge in [0.2, 0.25) is 5.91 Å². The van der Waals surface area contributed by atoms with Crippen LogP contribution < -0.4 is 11.1 Å². The van der Waals surface area contributed by atoms with E-state index in [-0.39, 0.29) is 23.7 Å². The van der Waals surface area contributed by atoms with Crippen molar-refractivity contribution in [1.82, 2.24) is 15.3 Å². The predicted octanol–water partition coefficient (Wildman–Crippen LogP) is 2.12. The van der Waals surface area contributed by atoms with Crippen LogP contribution in [0.15, 0.2) is 12.3 Å². The molecule has 0 bridgehead atoms. The highest BCUT2D eigenvalue weighted by Gasteiger charge is 2.32. The topological polar surface area (TPSA) is 80.9 Å². The molecular weight excluding hydrogens is 288 g/mol. The first kappa shape index (κ1) is 17.9. The van der Waals surface area contributed by atoms with E-state index in [1.807, 2.05) is 13.0 Å². The van der Waals surface area contributed by atoms with Crippen molar-refractivity contribution in [2.45, 2.75) is 52.0 Å². The van der Waals surface area contributed by atoms with Crippen LogP contribution in [0.4, 0.5) is 0 Å². The van der Waals surface area contributed by atoms with Crippen molar-refractivity contribution in [3.63, 3.8) is 0 Å². The fourth-order valence-corrected chi connectivity index (χ4v) is 2.95. The summed E-state index contributed by atoms with van der Waals surface area (Å²) in [4.78, 5) is 20.4. The van der Waals surface area contributed by atoms with Crippen molar-refractivity contribution in [2.75, 3.05) is 6.54 Å². The number of rotatable bonds is 5. The summed E-state index contributed by atoms with van der Waals surface area (Å²) in [7, 11) is 0. The molecule has 0 aliphatic heterocycles. The largest absolute Gasteiger partial charge is 0.350 e. The van der Waals surface area contributed by atoms with E-state index in [4.69, 9.17) is 5.73 Å². The zero-order chi connectivity index (χ0) is 14.4. The van der Waals surface area contributed by atoms with Crippen LogP contribution in [0.5, 0.6) is 0 Å². The molecule has 0 radical (unpaired) electrons. The van der Waals surface area contributed by atoms with Crippen LogP contribution in [0.25, 0.3) is 0 Å². The first-order valence-corrected chi connectivity index (χ1v) is 7.39. The summed E-state index contributed by atoms with van der Waals surface area (Å²) in [5.41, 5.74) is 6.77. The zero-order valence-corrected chi connectivity index (χ0v) is 13.4. The van der Waals surface area contributed by atoms with E-state index < -0.39 is 0 Å². The van der Waals surface area contributed by atoms with Crippen LogP contribution in [-0.4, -0.2) is 22.4 Å². The van der Waals surface area contributed by atoms with Crippen LogP contribution in [0, 0.1) is 12.3 Å². The maximum atomic E-state index is 12.1. The first-order valence-electron chi connectivity index (χ1n) is 7.39. The third-order valence-corrected chi connectivity index (χ3v) is 4.18. The Labute approximate surface area is 132 Å². The summed E-state index contributed by atoms with van der Waals surface area (Å²) < 4.78 is 0. The summed E-state index contributed by atoms with van der Waals surface area (Å²) in [6.45, 7) is 2.91. The molecule has 0 atom stereocenters. The van der Waals surface area contributed by atoms with Gasteiger partial charge in [0.1, 0.15) is 5.82 Å². The van der Waals surface area contributed by atoms with E-state index in [0.717, 1.165) is 24.4 Å². The minimum Gasteiger partial charge on any atom is -0.350 e. The molecular formula is C15H25ClN4O. The van der Waals surface area contributed by atoms with Gasteiger partial charge in [0.25, 0.3) is 0 Å². The van der Waals surface area contributed by atoms with Crippen molar-refractivity contribution in [2.24, 2.45) is 11.1 Å². The first-order chi connectivity index (χ1) is 9.63. The van der Waals surface area contributed by atoms with Crippen LogP contribution in [0.1, 0.15) is 50.0 Å². The van der Waals surface area contributed by atoms with Crippen LogP contribution in [-0.2, 0) is 11.3 Å². The predicted molar refractivity (Wildman–Crippen MR) is 85.1 cm³/mol. The Morgan fingerprint density at radius 2 is 2.10 bits per heavy atom. The van der Waals surface area contributed by atoms with Crippen molar-refractivity contribution in [3.8, 4) is 0 Å². The Balaban J connectivity index is 0.00000220. The smallest absolute Gasteiger partial charge is 0.220 e. The van der Waals surface area contributed by atoms with E-state index >= 15 is 0 Å². The van der Waals surface area contributed by atoms with Crippen molar-refractivity contribution in [1.29, 1.82) is 0 Å². The van der Waals surface area contributed by atoms with E-state index in [1.54, 1.807) is 6.20 Å². The average molecular weight is 313 g/mol. The number of nitrogens with one attached hydrogen (secondary N) is 1. The third kappa shape index (κ3) is 5.25. The van der Waals surface area contributed by atoms with Gasteiger partial charge in [-0.15, -0.1) is 12.4 Å². The SMILES string of the molecule is Cc1nccc(CNC(=O)CC2(CN)CCCCC2)n1.Cl. The summed E-state index contributed by atoms with van der Waals surface area (Å²) >= 11 is 0. The van der Waals surface area contributed by atoms with Gasteiger partial charge in [-0.05, 0) is 37.8 Å². The third-order valence-electron chi connectivity index (χ3n) is 4.18. The van der Waals surface area contributed by atoms with Gasteiger partial charge in [-0.1, -0.05) is 19.3 Å². The average Bonchev–Trinajstić information content (AvgIpc) is 2.46. The second-order valence-corrected chi connectivity index (χ2v) is 5.81. The molecule has 0 unspecified atom stereocenters. The van der Waals surface area contributed by atoms with Gasteiger partial charge in [-0.25, -0.2) is 9.97 Å². The lowest BCUT2D eigenvalue weighted by Gasteiger charge is -2.35. The molecule has 0 aromatic carbocycles. The molecule has 0 saturated heterocycles. The highest BCUT2D eigenvalue weighted by molar-refractivity contribution is 5.85. The number of nitrogens with zero attached hydrogens (tertiary/aromatic N) is 2. The molecule has 1 aromatic heterocycles. The number of amides is 1. The Bertz CT molecular complexity index is 461. The molecule has 1 heterocycles. The monoisotopic (exact) mass is 312 g/mol. The fourth-order valence-electron chi connectivity index (χ4n) is 2.95. The van der Waals surface area contributed by atoms with Gasteiger partial charge >= 0.3 is 0 Å². The Kier molecular flexibility index (Phi) is 7.05. The van der Waals surface area contributed by atoms with E-state index in [0.29, 0.717) is 19.5 Å². The number of carbonyl (C=O) groups is 1. The molecule has 1 aromatic rings. The Morgan fingerprint density at radius 3 is 2.71 bits per heavy atom. The molecule has 1 aliphatic carbocycles. The van der Waals surface area contributed by atoms with Gasteiger partial charge in [0.05, 0.1) is 12.2 Å². The quantitative estimate of drug-likeness (QED) is 0.872. The number of hydrogen-bond donors (Lipinski definition) is 2. The lowest BCUT2D eigenvalue weighted by Crippen LogP contribution is -2.38. The molecule has 0 spiro atoms. The maximum absolute atomic E-state index is 12.1. The van der Waals surface area contributed by atoms with E-state index in [2.05, 4.69) is 15.3 Å². The molecule has 1 amide bonds. The zero-order valence-electron chi connectivity index (χ0n) is 12.6. The van der Waals surface area contributed by atoms with Gasteiger partial charge in [0.15, 0.2) is 0 Å². The Morgan fingerprint density at radius 1 is 1.38 bits per heavy atom. The number of nitrogens with two attached hydrogens (primary N) is 1. The molecule has 1 aliphatic rings. The van der Waals surface area contributed by atoms with E-state index in [9.17, 15) is 4.79 Å². The molecule has 3 N–H and O–H groups in total. The van der Waals surface area contributed by atoms with E-state index in [1.165, 1.54) is 19.3 Å². The summed E-state index contributed by atoms with van der Waals surface area (Å²) in [6.07, 6.45) is 8.04. The minimum absolute atomic E-state index is 0. The van der Waals surface area contributed by atoms with Gasteiger partial charge < -0.3 is 11.1 Å². The van der Waals surface area contributed by atoms with Crippen LogP contribution in [0.3, 0.4) is 0 Å². The second-order valence-electron chi connectivity index (χ2n) is 5.81. The Hall–Kier alpha value is -1.20. The second kappa shape index (κ2) is 8.29.